The zero-order valence-corrected chi connectivity index (χ0v) is 8.76. The van der Waals surface area contributed by atoms with Crippen LogP contribution in [0.3, 0.4) is 0 Å². The van der Waals surface area contributed by atoms with Crippen LogP contribution in [-0.4, -0.2) is 22.2 Å². The quantitative estimate of drug-likeness (QED) is 0.733. The van der Waals surface area contributed by atoms with E-state index in [9.17, 15) is 5.11 Å². The SMILES string of the molecule is OC1(c2nccs2)CC2CCC(C1)N2. The van der Waals surface area contributed by atoms with Gasteiger partial charge in [0.25, 0.3) is 0 Å². The van der Waals surface area contributed by atoms with Gasteiger partial charge in [-0.05, 0) is 25.7 Å². The van der Waals surface area contributed by atoms with Crippen molar-refractivity contribution in [3.05, 3.63) is 16.6 Å². The molecule has 2 saturated heterocycles. The van der Waals surface area contributed by atoms with Crippen molar-refractivity contribution in [1.82, 2.24) is 10.3 Å². The van der Waals surface area contributed by atoms with E-state index in [0.717, 1.165) is 17.8 Å². The Bertz CT molecular complexity index is 313. The molecule has 2 bridgehead atoms. The van der Waals surface area contributed by atoms with Gasteiger partial charge in [0.2, 0.25) is 0 Å². The monoisotopic (exact) mass is 210 g/mol. The average Bonchev–Trinajstić information content (AvgIpc) is 2.75. The molecule has 2 N–H and O–H groups in total. The zero-order chi connectivity index (χ0) is 9.60. The number of rotatable bonds is 1. The maximum atomic E-state index is 10.5. The van der Waals surface area contributed by atoms with Gasteiger partial charge in [-0.25, -0.2) is 4.98 Å². The molecule has 0 aromatic carbocycles. The Balaban J connectivity index is 1.90. The summed E-state index contributed by atoms with van der Waals surface area (Å²) < 4.78 is 0. The van der Waals surface area contributed by atoms with Crippen molar-refractivity contribution in [2.45, 2.75) is 43.4 Å². The number of nitrogens with zero attached hydrogens (tertiary/aromatic N) is 1. The minimum Gasteiger partial charge on any atom is -0.383 e. The maximum Gasteiger partial charge on any atom is 0.124 e. The number of nitrogens with one attached hydrogen (secondary N) is 1. The first-order valence-corrected chi connectivity index (χ1v) is 6.03. The van der Waals surface area contributed by atoms with E-state index in [4.69, 9.17) is 0 Å². The first-order chi connectivity index (χ1) is 6.76. The second kappa shape index (κ2) is 3.02. The number of piperidine rings is 1. The second-order valence-electron chi connectivity index (χ2n) is 4.41. The molecule has 1 aromatic heterocycles. The molecule has 0 saturated carbocycles. The average molecular weight is 210 g/mol. The van der Waals surface area contributed by atoms with E-state index in [1.54, 1.807) is 17.5 Å². The van der Waals surface area contributed by atoms with Gasteiger partial charge in [-0.3, -0.25) is 0 Å². The largest absolute Gasteiger partial charge is 0.383 e. The van der Waals surface area contributed by atoms with Crippen molar-refractivity contribution in [1.29, 1.82) is 0 Å². The fourth-order valence-electron chi connectivity index (χ4n) is 2.75. The van der Waals surface area contributed by atoms with Crippen LogP contribution in [0.2, 0.25) is 0 Å². The van der Waals surface area contributed by atoms with Gasteiger partial charge in [0.15, 0.2) is 0 Å². The molecule has 14 heavy (non-hydrogen) atoms. The van der Waals surface area contributed by atoms with Crippen LogP contribution in [0.4, 0.5) is 0 Å². The molecule has 76 valence electrons. The third-order valence-electron chi connectivity index (χ3n) is 3.33. The molecule has 4 heteroatoms. The summed E-state index contributed by atoms with van der Waals surface area (Å²) in [5.41, 5.74) is -0.648. The van der Waals surface area contributed by atoms with Gasteiger partial charge in [-0.1, -0.05) is 0 Å². The van der Waals surface area contributed by atoms with Crippen LogP contribution >= 0.6 is 11.3 Å². The molecule has 0 spiro atoms. The molecule has 1 aromatic rings. The van der Waals surface area contributed by atoms with E-state index in [0.29, 0.717) is 12.1 Å². The molecule has 2 aliphatic rings. The van der Waals surface area contributed by atoms with Crippen LogP contribution in [0.25, 0.3) is 0 Å². The van der Waals surface area contributed by atoms with Crippen LogP contribution in [0.15, 0.2) is 11.6 Å². The predicted octanol–water partition coefficient (Wildman–Crippen LogP) is 1.25. The van der Waals surface area contributed by atoms with Gasteiger partial charge < -0.3 is 10.4 Å². The molecule has 0 aliphatic carbocycles. The number of hydrogen-bond acceptors (Lipinski definition) is 4. The lowest BCUT2D eigenvalue weighted by Crippen LogP contribution is -2.46. The summed E-state index contributed by atoms with van der Waals surface area (Å²) in [4.78, 5) is 4.25. The first kappa shape index (κ1) is 8.83. The Morgan fingerprint density at radius 3 is 2.71 bits per heavy atom. The van der Waals surface area contributed by atoms with Crippen LogP contribution in [-0.2, 0) is 5.60 Å². The lowest BCUT2D eigenvalue weighted by atomic mass is 9.88. The highest BCUT2D eigenvalue weighted by Gasteiger charge is 2.44. The lowest BCUT2D eigenvalue weighted by molar-refractivity contribution is -0.0116. The third-order valence-corrected chi connectivity index (χ3v) is 4.30. The Labute approximate surface area is 87.2 Å². The second-order valence-corrected chi connectivity index (χ2v) is 5.31. The van der Waals surface area contributed by atoms with Crippen LogP contribution in [0, 0.1) is 0 Å². The molecular weight excluding hydrogens is 196 g/mol. The van der Waals surface area contributed by atoms with Crippen LogP contribution in [0.1, 0.15) is 30.7 Å². The molecule has 2 atom stereocenters. The van der Waals surface area contributed by atoms with E-state index in [1.165, 1.54) is 12.8 Å². The highest BCUT2D eigenvalue weighted by Crippen LogP contribution is 2.41. The Hall–Kier alpha value is -0.450. The number of aliphatic hydroxyl groups is 1. The minimum atomic E-state index is -0.648. The van der Waals surface area contributed by atoms with E-state index in [-0.39, 0.29) is 0 Å². The third kappa shape index (κ3) is 1.29. The lowest BCUT2D eigenvalue weighted by Gasteiger charge is -2.35. The number of thiazole rings is 1. The number of fused-ring (bicyclic) bond motifs is 2. The molecule has 0 amide bonds. The van der Waals surface area contributed by atoms with Gasteiger partial charge in [0, 0.05) is 23.7 Å². The Kier molecular flexibility index (Phi) is 1.90. The van der Waals surface area contributed by atoms with Crippen molar-refractivity contribution in [3.8, 4) is 0 Å². The first-order valence-electron chi connectivity index (χ1n) is 5.15. The molecule has 2 fully saturated rings. The van der Waals surface area contributed by atoms with Gasteiger partial charge in [0.05, 0.1) is 0 Å². The molecule has 2 aliphatic heterocycles. The summed E-state index contributed by atoms with van der Waals surface area (Å²) in [7, 11) is 0. The standard InChI is InChI=1S/C10H14N2OS/c13-10(9-11-3-4-14-9)5-7-1-2-8(6-10)12-7/h3-4,7-8,12-13H,1-2,5-6H2. The highest BCUT2D eigenvalue weighted by atomic mass is 32.1. The van der Waals surface area contributed by atoms with Gasteiger partial charge in [0.1, 0.15) is 10.6 Å². The highest BCUT2D eigenvalue weighted by molar-refractivity contribution is 7.09. The number of aromatic nitrogens is 1. The van der Waals surface area contributed by atoms with E-state index in [2.05, 4.69) is 10.3 Å². The Morgan fingerprint density at radius 1 is 1.43 bits per heavy atom. The molecule has 3 nitrogen and oxygen atoms in total. The van der Waals surface area contributed by atoms with Crippen molar-refractivity contribution in [2.24, 2.45) is 0 Å². The normalized spacial score (nSPS) is 41.5. The summed E-state index contributed by atoms with van der Waals surface area (Å²) in [5, 5.41) is 16.9. The summed E-state index contributed by atoms with van der Waals surface area (Å²) in [6.45, 7) is 0. The topological polar surface area (TPSA) is 45.2 Å². The van der Waals surface area contributed by atoms with Crippen LogP contribution in [0.5, 0.6) is 0 Å². The van der Waals surface area contributed by atoms with Crippen LogP contribution < -0.4 is 5.32 Å². The van der Waals surface area contributed by atoms with Crippen molar-refractivity contribution in [2.75, 3.05) is 0 Å². The smallest absolute Gasteiger partial charge is 0.124 e. The van der Waals surface area contributed by atoms with Gasteiger partial charge in [-0.2, -0.15) is 0 Å². The summed E-state index contributed by atoms with van der Waals surface area (Å²) in [5.74, 6) is 0. The van der Waals surface area contributed by atoms with E-state index < -0.39 is 5.60 Å². The summed E-state index contributed by atoms with van der Waals surface area (Å²) in [6, 6.07) is 1.00. The van der Waals surface area contributed by atoms with Gasteiger partial charge >= 0.3 is 0 Å². The van der Waals surface area contributed by atoms with E-state index in [1.807, 2.05) is 5.38 Å². The molecule has 3 heterocycles. The maximum absolute atomic E-state index is 10.5. The summed E-state index contributed by atoms with van der Waals surface area (Å²) >= 11 is 1.57. The summed E-state index contributed by atoms with van der Waals surface area (Å²) in [6.07, 6.45) is 5.85. The Morgan fingerprint density at radius 2 is 2.14 bits per heavy atom. The van der Waals surface area contributed by atoms with Crippen molar-refractivity contribution >= 4 is 11.3 Å². The molecule has 2 unspecified atom stereocenters. The predicted molar refractivity (Wildman–Crippen MR) is 55.2 cm³/mol. The fraction of sp³-hybridized carbons (Fsp3) is 0.700. The minimum absolute atomic E-state index is 0.502. The van der Waals surface area contributed by atoms with Crippen molar-refractivity contribution in [3.63, 3.8) is 0 Å². The molecule has 3 rings (SSSR count). The molecular formula is C10H14N2OS. The van der Waals surface area contributed by atoms with Crippen molar-refractivity contribution < 1.29 is 5.11 Å². The van der Waals surface area contributed by atoms with E-state index >= 15 is 0 Å². The number of hydrogen-bond donors (Lipinski definition) is 2. The fourth-order valence-corrected chi connectivity index (χ4v) is 3.51. The van der Waals surface area contributed by atoms with Gasteiger partial charge in [-0.15, -0.1) is 11.3 Å². The zero-order valence-electron chi connectivity index (χ0n) is 7.94. The molecule has 0 radical (unpaired) electrons.